The van der Waals surface area contributed by atoms with Gasteiger partial charge in [0.15, 0.2) is 0 Å². The lowest BCUT2D eigenvalue weighted by Crippen LogP contribution is -2.31. The SMILES string of the molecule is O=C(c1onc2ncccc12)N1CCCC1c1nc2ccc(Cl)cc2[nH]1. The number of fused-ring (bicyclic) bond motifs is 2. The van der Waals surface area contributed by atoms with Gasteiger partial charge in [0, 0.05) is 17.8 Å². The fourth-order valence-corrected chi connectivity index (χ4v) is 3.70. The number of hydrogen-bond acceptors (Lipinski definition) is 5. The molecule has 0 spiro atoms. The Bertz CT molecular complexity index is 1130. The summed E-state index contributed by atoms with van der Waals surface area (Å²) in [6, 6.07) is 8.94. The maximum Gasteiger partial charge on any atom is 0.293 e. The van der Waals surface area contributed by atoms with E-state index in [9.17, 15) is 4.79 Å². The maximum absolute atomic E-state index is 13.1. The summed E-state index contributed by atoms with van der Waals surface area (Å²) in [5.74, 6) is 0.788. The van der Waals surface area contributed by atoms with Crippen LogP contribution in [0.15, 0.2) is 41.1 Å². The van der Waals surface area contributed by atoms with Gasteiger partial charge in [-0.05, 0) is 43.2 Å². The van der Waals surface area contributed by atoms with Crippen LogP contribution < -0.4 is 0 Å². The van der Waals surface area contributed by atoms with E-state index in [0.29, 0.717) is 22.6 Å². The van der Waals surface area contributed by atoms with Gasteiger partial charge in [0.25, 0.3) is 5.91 Å². The zero-order valence-electron chi connectivity index (χ0n) is 13.6. The van der Waals surface area contributed by atoms with Gasteiger partial charge in [0.1, 0.15) is 5.82 Å². The quantitative estimate of drug-likeness (QED) is 0.583. The molecular formula is C18H14ClN5O2. The highest BCUT2D eigenvalue weighted by Crippen LogP contribution is 2.34. The number of pyridine rings is 1. The first-order chi connectivity index (χ1) is 12.7. The van der Waals surface area contributed by atoms with Crippen LogP contribution in [0.3, 0.4) is 0 Å². The molecule has 1 saturated heterocycles. The predicted molar refractivity (Wildman–Crippen MR) is 95.9 cm³/mol. The number of benzene rings is 1. The summed E-state index contributed by atoms with van der Waals surface area (Å²) in [6.45, 7) is 0.643. The number of nitrogens with zero attached hydrogens (tertiary/aromatic N) is 4. The number of amides is 1. The summed E-state index contributed by atoms with van der Waals surface area (Å²) >= 11 is 6.05. The second-order valence-electron chi connectivity index (χ2n) is 6.33. The lowest BCUT2D eigenvalue weighted by atomic mass is 10.2. The molecule has 0 aliphatic carbocycles. The highest BCUT2D eigenvalue weighted by molar-refractivity contribution is 6.31. The Balaban J connectivity index is 1.52. The van der Waals surface area contributed by atoms with Crippen LogP contribution in [-0.2, 0) is 0 Å². The molecule has 8 heteroatoms. The number of imidazole rings is 1. The zero-order valence-corrected chi connectivity index (χ0v) is 14.4. The number of halogens is 1. The van der Waals surface area contributed by atoms with Crippen molar-refractivity contribution in [2.45, 2.75) is 18.9 Å². The minimum Gasteiger partial charge on any atom is -0.348 e. The van der Waals surface area contributed by atoms with Crippen LogP contribution >= 0.6 is 11.6 Å². The number of aromatic amines is 1. The number of likely N-dealkylation sites (tertiary alicyclic amines) is 1. The zero-order chi connectivity index (χ0) is 17.7. The molecule has 3 aromatic heterocycles. The van der Waals surface area contributed by atoms with E-state index in [1.165, 1.54) is 0 Å². The molecule has 1 aliphatic heterocycles. The predicted octanol–water partition coefficient (Wildman–Crippen LogP) is 3.73. The smallest absolute Gasteiger partial charge is 0.293 e. The Labute approximate surface area is 153 Å². The number of rotatable bonds is 2. The third-order valence-electron chi connectivity index (χ3n) is 4.74. The van der Waals surface area contributed by atoms with E-state index in [1.54, 1.807) is 29.3 Å². The van der Waals surface area contributed by atoms with Crippen LogP contribution in [0.4, 0.5) is 0 Å². The third kappa shape index (κ3) is 2.35. The molecule has 1 N–H and O–H groups in total. The van der Waals surface area contributed by atoms with Crippen molar-refractivity contribution < 1.29 is 9.32 Å². The molecule has 4 heterocycles. The molecule has 26 heavy (non-hydrogen) atoms. The van der Waals surface area contributed by atoms with Crippen molar-refractivity contribution in [2.24, 2.45) is 0 Å². The number of nitrogens with one attached hydrogen (secondary N) is 1. The number of hydrogen-bond donors (Lipinski definition) is 1. The molecule has 7 nitrogen and oxygen atoms in total. The Morgan fingerprint density at radius 3 is 3.19 bits per heavy atom. The second-order valence-corrected chi connectivity index (χ2v) is 6.76. The standard InChI is InChI=1S/C18H14ClN5O2/c19-10-5-6-12-13(9-10)22-17(21-12)14-4-2-8-24(14)18(25)15-11-3-1-7-20-16(11)23-26-15/h1,3,5-7,9,14H,2,4,8H2,(H,21,22). The number of H-pyrrole nitrogens is 1. The molecule has 0 bridgehead atoms. The van der Waals surface area contributed by atoms with Crippen LogP contribution in [0.1, 0.15) is 35.3 Å². The molecule has 1 unspecified atom stereocenters. The summed E-state index contributed by atoms with van der Waals surface area (Å²) < 4.78 is 5.30. The third-order valence-corrected chi connectivity index (χ3v) is 4.98. The van der Waals surface area contributed by atoms with Gasteiger partial charge in [-0.2, -0.15) is 0 Å². The van der Waals surface area contributed by atoms with Gasteiger partial charge in [-0.1, -0.05) is 16.8 Å². The largest absolute Gasteiger partial charge is 0.348 e. The fraction of sp³-hybridized carbons (Fsp3) is 0.222. The highest BCUT2D eigenvalue weighted by atomic mass is 35.5. The first-order valence-electron chi connectivity index (χ1n) is 8.37. The van der Waals surface area contributed by atoms with E-state index in [2.05, 4.69) is 20.1 Å². The van der Waals surface area contributed by atoms with Gasteiger partial charge in [0.05, 0.1) is 22.5 Å². The van der Waals surface area contributed by atoms with Crippen LogP contribution in [0.5, 0.6) is 0 Å². The van der Waals surface area contributed by atoms with Gasteiger partial charge in [0.2, 0.25) is 11.4 Å². The number of carbonyl (C=O) groups excluding carboxylic acids is 1. The van der Waals surface area contributed by atoms with Crippen molar-refractivity contribution in [1.29, 1.82) is 0 Å². The highest BCUT2D eigenvalue weighted by Gasteiger charge is 2.35. The normalized spacial score (nSPS) is 17.4. The Morgan fingerprint density at radius 2 is 2.27 bits per heavy atom. The first kappa shape index (κ1) is 15.3. The van der Waals surface area contributed by atoms with Crippen molar-refractivity contribution in [3.8, 4) is 0 Å². The van der Waals surface area contributed by atoms with E-state index in [-0.39, 0.29) is 17.7 Å². The summed E-state index contributed by atoms with van der Waals surface area (Å²) in [7, 11) is 0. The van der Waals surface area contributed by atoms with Crippen molar-refractivity contribution in [3.05, 3.63) is 53.1 Å². The minimum atomic E-state index is -0.193. The molecule has 1 aromatic carbocycles. The molecule has 1 fully saturated rings. The van der Waals surface area contributed by atoms with Crippen LogP contribution in [0, 0.1) is 0 Å². The summed E-state index contributed by atoms with van der Waals surface area (Å²) in [4.78, 5) is 26.9. The first-order valence-corrected chi connectivity index (χ1v) is 8.75. The monoisotopic (exact) mass is 367 g/mol. The molecule has 4 aromatic rings. The Morgan fingerprint density at radius 1 is 1.35 bits per heavy atom. The van der Waals surface area contributed by atoms with E-state index < -0.39 is 0 Å². The van der Waals surface area contributed by atoms with E-state index in [0.717, 1.165) is 29.7 Å². The van der Waals surface area contributed by atoms with Crippen molar-refractivity contribution in [2.75, 3.05) is 6.54 Å². The number of aromatic nitrogens is 4. The van der Waals surface area contributed by atoms with Crippen LogP contribution in [0.2, 0.25) is 5.02 Å². The fourth-order valence-electron chi connectivity index (χ4n) is 3.52. The van der Waals surface area contributed by atoms with E-state index in [4.69, 9.17) is 16.1 Å². The average molecular weight is 368 g/mol. The molecule has 0 saturated carbocycles. The van der Waals surface area contributed by atoms with Crippen molar-refractivity contribution >= 4 is 39.6 Å². The summed E-state index contributed by atoms with van der Waals surface area (Å²) in [5.41, 5.74) is 2.13. The second kappa shape index (κ2) is 5.81. The maximum atomic E-state index is 13.1. The van der Waals surface area contributed by atoms with Crippen molar-refractivity contribution in [1.82, 2.24) is 25.0 Å². The molecule has 130 valence electrons. The van der Waals surface area contributed by atoms with Gasteiger partial charge in [-0.15, -0.1) is 0 Å². The van der Waals surface area contributed by atoms with E-state index in [1.807, 2.05) is 12.1 Å². The molecular weight excluding hydrogens is 354 g/mol. The number of carbonyl (C=O) groups is 1. The van der Waals surface area contributed by atoms with Crippen molar-refractivity contribution in [3.63, 3.8) is 0 Å². The van der Waals surface area contributed by atoms with Gasteiger partial charge >= 0.3 is 0 Å². The summed E-state index contributed by atoms with van der Waals surface area (Å²) in [6.07, 6.45) is 3.36. The van der Waals surface area contributed by atoms with Gasteiger partial charge < -0.3 is 14.4 Å². The Kier molecular flexibility index (Phi) is 3.43. The molecule has 0 radical (unpaired) electrons. The van der Waals surface area contributed by atoms with Crippen LogP contribution in [0.25, 0.3) is 22.1 Å². The van der Waals surface area contributed by atoms with Gasteiger partial charge in [-0.25, -0.2) is 9.97 Å². The topological polar surface area (TPSA) is 87.9 Å². The molecule has 1 amide bonds. The molecule has 1 atom stereocenters. The van der Waals surface area contributed by atoms with E-state index >= 15 is 0 Å². The average Bonchev–Trinajstić information content (AvgIpc) is 3.37. The summed E-state index contributed by atoms with van der Waals surface area (Å²) in [5, 5.41) is 5.15. The van der Waals surface area contributed by atoms with Gasteiger partial charge in [-0.3, -0.25) is 4.79 Å². The van der Waals surface area contributed by atoms with Crippen LogP contribution in [-0.4, -0.2) is 37.5 Å². The lowest BCUT2D eigenvalue weighted by Gasteiger charge is -2.21. The molecule has 5 rings (SSSR count). The molecule has 1 aliphatic rings. The lowest BCUT2D eigenvalue weighted by molar-refractivity contribution is 0.0691. The Hall–Kier alpha value is -2.93. The minimum absolute atomic E-state index is 0.134.